The fourth-order valence-corrected chi connectivity index (χ4v) is 4.72. The van der Waals surface area contributed by atoms with E-state index in [1.165, 1.54) is 6.42 Å². The molecule has 2 saturated carbocycles. The van der Waals surface area contributed by atoms with E-state index in [0.717, 1.165) is 51.5 Å². The number of carbonyl (C=O) groups excluding carboxylic acids is 2. The predicted molar refractivity (Wildman–Crippen MR) is 78.2 cm³/mol. The van der Waals surface area contributed by atoms with Crippen LogP contribution in [0, 0.1) is 17.3 Å². The summed E-state index contributed by atoms with van der Waals surface area (Å²) in [6.45, 7) is 5.34. The van der Waals surface area contributed by atoms with Gasteiger partial charge in [-0.3, -0.25) is 9.59 Å². The van der Waals surface area contributed by atoms with Crippen LogP contribution in [0.1, 0.15) is 65.2 Å². The van der Waals surface area contributed by atoms with Crippen LogP contribution in [0.5, 0.6) is 0 Å². The van der Waals surface area contributed by atoms with Crippen molar-refractivity contribution < 1.29 is 9.59 Å². The fourth-order valence-electron chi connectivity index (χ4n) is 4.72. The van der Waals surface area contributed by atoms with E-state index in [-0.39, 0.29) is 23.3 Å². The van der Waals surface area contributed by atoms with Gasteiger partial charge in [0.05, 0.1) is 0 Å². The highest BCUT2D eigenvalue weighted by molar-refractivity contribution is 5.86. The van der Waals surface area contributed by atoms with Gasteiger partial charge in [-0.15, -0.1) is 0 Å². The average Bonchev–Trinajstić information content (AvgIpc) is 3.07. The summed E-state index contributed by atoms with van der Waals surface area (Å²) in [6.07, 6.45) is 8.24. The topological polar surface area (TPSA) is 37.4 Å². The summed E-state index contributed by atoms with van der Waals surface area (Å²) in [5, 5.41) is 0. The lowest BCUT2D eigenvalue weighted by Gasteiger charge is -2.35. The minimum Gasteiger partial charge on any atom is -0.339 e. The molecule has 3 fully saturated rings. The van der Waals surface area contributed by atoms with Crippen LogP contribution in [-0.2, 0) is 9.59 Å². The smallest absolute Gasteiger partial charge is 0.226 e. The van der Waals surface area contributed by atoms with Gasteiger partial charge in [-0.25, -0.2) is 0 Å². The van der Waals surface area contributed by atoms with Crippen molar-refractivity contribution in [2.45, 2.75) is 71.3 Å². The van der Waals surface area contributed by atoms with Crippen LogP contribution in [0.25, 0.3) is 0 Å². The molecule has 3 nitrogen and oxygen atoms in total. The van der Waals surface area contributed by atoms with E-state index in [1.54, 1.807) is 0 Å². The third-order valence-electron chi connectivity index (χ3n) is 5.95. The molecule has 20 heavy (non-hydrogen) atoms. The van der Waals surface area contributed by atoms with E-state index in [1.807, 2.05) is 0 Å². The quantitative estimate of drug-likeness (QED) is 0.777. The third-order valence-corrected chi connectivity index (χ3v) is 5.95. The number of amides is 1. The number of ketones is 1. The first kappa shape index (κ1) is 14.1. The second-order valence-electron chi connectivity index (χ2n) is 7.64. The van der Waals surface area contributed by atoms with Crippen LogP contribution in [0.4, 0.5) is 0 Å². The molecular formula is C17H27NO2. The van der Waals surface area contributed by atoms with Gasteiger partial charge in [-0.1, -0.05) is 20.3 Å². The molecule has 0 aromatic carbocycles. The Labute approximate surface area is 122 Å². The van der Waals surface area contributed by atoms with Crippen molar-refractivity contribution in [2.24, 2.45) is 17.3 Å². The largest absolute Gasteiger partial charge is 0.339 e. The first-order chi connectivity index (χ1) is 9.50. The second-order valence-corrected chi connectivity index (χ2v) is 7.64. The van der Waals surface area contributed by atoms with Crippen LogP contribution in [0.3, 0.4) is 0 Å². The lowest BCUT2D eigenvalue weighted by Crippen LogP contribution is -2.46. The lowest BCUT2D eigenvalue weighted by molar-refractivity contribution is -0.141. The van der Waals surface area contributed by atoms with Crippen molar-refractivity contribution in [1.82, 2.24) is 4.90 Å². The maximum absolute atomic E-state index is 13.0. The molecule has 0 aromatic rings. The van der Waals surface area contributed by atoms with Crippen molar-refractivity contribution in [3.05, 3.63) is 0 Å². The molecular weight excluding hydrogens is 250 g/mol. The van der Waals surface area contributed by atoms with Crippen molar-refractivity contribution in [3.63, 3.8) is 0 Å². The Morgan fingerprint density at radius 3 is 2.55 bits per heavy atom. The molecule has 3 rings (SSSR count). The molecule has 0 N–H and O–H groups in total. The van der Waals surface area contributed by atoms with Gasteiger partial charge in [0.15, 0.2) is 0 Å². The molecule has 3 unspecified atom stereocenters. The summed E-state index contributed by atoms with van der Waals surface area (Å²) in [5.41, 5.74) is 0.143. The zero-order valence-corrected chi connectivity index (χ0v) is 12.9. The number of Topliss-reactive ketones (excluding diaryl/α,β-unsaturated/α-hetero) is 1. The van der Waals surface area contributed by atoms with Gasteiger partial charge in [0, 0.05) is 30.8 Å². The SMILES string of the molecule is CC1(C)CCCC1C(=O)N1CCCC1C1CCCC1=O. The minimum absolute atomic E-state index is 0.143. The van der Waals surface area contributed by atoms with Crippen LogP contribution in [0.15, 0.2) is 0 Å². The Kier molecular flexibility index (Phi) is 3.64. The molecule has 1 aliphatic heterocycles. The molecule has 0 spiro atoms. The van der Waals surface area contributed by atoms with Gasteiger partial charge in [0.2, 0.25) is 5.91 Å². The predicted octanol–water partition coefficient (Wildman–Crippen LogP) is 3.17. The highest BCUT2D eigenvalue weighted by atomic mass is 16.2. The summed E-state index contributed by atoms with van der Waals surface area (Å²) in [7, 11) is 0. The Hall–Kier alpha value is -0.860. The Morgan fingerprint density at radius 1 is 1.15 bits per heavy atom. The van der Waals surface area contributed by atoms with E-state index < -0.39 is 0 Å². The van der Waals surface area contributed by atoms with Gasteiger partial charge in [-0.05, 0) is 43.9 Å². The molecule has 3 aliphatic rings. The maximum atomic E-state index is 13.0. The van der Waals surface area contributed by atoms with Gasteiger partial charge in [0.25, 0.3) is 0 Å². The van der Waals surface area contributed by atoms with Crippen LogP contribution in [0.2, 0.25) is 0 Å². The summed E-state index contributed by atoms with van der Waals surface area (Å²) in [4.78, 5) is 27.1. The molecule has 112 valence electrons. The van der Waals surface area contributed by atoms with Gasteiger partial charge in [0.1, 0.15) is 5.78 Å². The van der Waals surface area contributed by atoms with Gasteiger partial charge < -0.3 is 4.90 Å². The zero-order valence-electron chi connectivity index (χ0n) is 12.9. The zero-order chi connectivity index (χ0) is 14.3. The summed E-state index contributed by atoms with van der Waals surface area (Å²) >= 11 is 0. The molecule has 0 aromatic heterocycles. The van der Waals surface area contributed by atoms with Crippen LogP contribution in [-0.4, -0.2) is 29.2 Å². The fraction of sp³-hybridized carbons (Fsp3) is 0.882. The van der Waals surface area contributed by atoms with Crippen molar-refractivity contribution in [2.75, 3.05) is 6.54 Å². The first-order valence-electron chi connectivity index (χ1n) is 8.34. The van der Waals surface area contributed by atoms with E-state index in [0.29, 0.717) is 11.7 Å². The number of rotatable bonds is 2. The van der Waals surface area contributed by atoms with Crippen molar-refractivity contribution >= 4 is 11.7 Å². The van der Waals surface area contributed by atoms with E-state index in [4.69, 9.17) is 0 Å². The molecule has 1 heterocycles. The van der Waals surface area contributed by atoms with E-state index >= 15 is 0 Å². The van der Waals surface area contributed by atoms with E-state index in [2.05, 4.69) is 18.7 Å². The molecule has 1 amide bonds. The molecule has 2 aliphatic carbocycles. The average molecular weight is 277 g/mol. The first-order valence-corrected chi connectivity index (χ1v) is 8.34. The number of carbonyl (C=O) groups is 2. The number of likely N-dealkylation sites (tertiary alicyclic amines) is 1. The highest BCUT2D eigenvalue weighted by Crippen LogP contribution is 2.45. The minimum atomic E-state index is 0.143. The highest BCUT2D eigenvalue weighted by Gasteiger charge is 2.46. The maximum Gasteiger partial charge on any atom is 0.226 e. The Morgan fingerprint density at radius 2 is 1.95 bits per heavy atom. The van der Waals surface area contributed by atoms with Crippen LogP contribution < -0.4 is 0 Å². The van der Waals surface area contributed by atoms with Crippen LogP contribution >= 0.6 is 0 Å². The molecule has 3 atom stereocenters. The molecule has 3 heteroatoms. The number of hydrogen-bond donors (Lipinski definition) is 0. The number of nitrogens with zero attached hydrogens (tertiary/aromatic N) is 1. The monoisotopic (exact) mass is 277 g/mol. The van der Waals surface area contributed by atoms with Gasteiger partial charge >= 0.3 is 0 Å². The van der Waals surface area contributed by atoms with Crippen molar-refractivity contribution in [1.29, 1.82) is 0 Å². The molecule has 1 saturated heterocycles. The lowest BCUT2D eigenvalue weighted by atomic mass is 9.80. The second kappa shape index (κ2) is 5.16. The number of hydrogen-bond acceptors (Lipinski definition) is 2. The van der Waals surface area contributed by atoms with Crippen molar-refractivity contribution in [3.8, 4) is 0 Å². The summed E-state index contributed by atoms with van der Waals surface area (Å²) in [5.74, 6) is 1.07. The Balaban J connectivity index is 1.75. The third kappa shape index (κ3) is 2.29. The summed E-state index contributed by atoms with van der Waals surface area (Å²) < 4.78 is 0. The van der Waals surface area contributed by atoms with E-state index in [9.17, 15) is 9.59 Å². The standard InChI is InChI=1S/C17H27NO2/c1-17(2)10-4-7-13(17)16(20)18-11-5-8-14(18)12-6-3-9-15(12)19/h12-14H,3-11H2,1-2H3. The molecule has 0 radical (unpaired) electrons. The Bertz CT molecular complexity index is 415. The molecule has 0 bridgehead atoms. The summed E-state index contributed by atoms with van der Waals surface area (Å²) in [6, 6.07) is 0.217. The van der Waals surface area contributed by atoms with Gasteiger partial charge in [-0.2, -0.15) is 0 Å². The normalized spacial score (nSPS) is 36.8.